The third-order valence-electron chi connectivity index (χ3n) is 1.90. The van der Waals surface area contributed by atoms with E-state index in [1.165, 1.54) is 0 Å². The lowest BCUT2D eigenvalue weighted by Gasteiger charge is -2.18. The van der Waals surface area contributed by atoms with Gasteiger partial charge < -0.3 is 10.6 Å². The fourth-order valence-corrected chi connectivity index (χ4v) is 1.28. The van der Waals surface area contributed by atoms with E-state index in [0.717, 1.165) is 23.6 Å². The molecule has 0 spiro atoms. The maximum Gasteiger partial charge on any atom is 0.128 e. The van der Waals surface area contributed by atoms with Crippen LogP contribution in [0.4, 0.5) is 5.82 Å². The number of nitrogens with zero attached hydrogens (tertiary/aromatic N) is 2. The lowest BCUT2D eigenvalue weighted by atomic mass is 10.3. The minimum Gasteiger partial charge on any atom is -0.356 e. The quantitative estimate of drug-likeness (QED) is 0.734. The molecule has 0 aliphatic heterocycles. The van der Waals surface area contributed by atoms with Crippen molar-refractivity contribution in [1.29, 1.82) is 0 Å². The van der Waals surface area contributed by atoms with Crippen LogP contribution in [0.5, 0.6) is 0 Å². The Hall–Kier alpha value is -1.35. The van der Waals surface area contributed by atoms with Crippen LogP contribution in [0.3, 0.4) is 0 Å². The molecule has 0 fully saturated rings. The van der Waals surface area contributed by atoms with Crippen LogP contribution < -0.4 is 10.6 Å². The standard InChI is InChI=1S/C11H17N3/c1-9(2)8-14(3)11-6-4-5-10(7-12)13-11/h4-6H,1,7-8,12H2,2-3H3. The molecule has 0 radical (unpaired) electrons. The summed E-state index contributed by atoms with van der Waals surface area (Å²) in [6.45, 7) is 7.17. The Morgan fingerprint density at radius 2 is 2.29 bits per heavy atom. The summed E-state index contributed by atoms with van der Waals surface area (Å²) < 4.78 is 0. The molecule has 0 saturated heterocycles. The maximum atomic E-state index is 5.52. The van der Waals surface area contributed by atoms with Gasteiger partial charge in [0.1, 0.15) is 5.82 Å². The summed E-state index contributed by atoms with van der Waals surface area (Å²) in [4.78, 5) is 6.46. The molecule has 0 amide bonds. The lowest BCUT2D eigenvalue weighted by Crippen LogP contribution is -2.20. The molecule has 0 bridgehead atoms. The molecular formula is C11H17N3. The predicted octanol–water partition coefficient (Wildman–Crippen LogP) is 1.55. The van der Waals surface area contributed by atoms with Crippen molar-refractivity contribution in [3.8, 4) is 0 Å². The van der Waals surface area contributed by atoms with E-state index in [4.69, 9.17) is 5.73 Å². The molecule has 1 aromatic rings. The molecule has 0 unspecified atom stereocenters. The average Bonchev–Trinajstić information content (AvgIpc) is 2.17. The SMILES string of the molecule is C=C(C)CN(C)c1cccc(CN)n1. The number of hydrogen-bond donors (Lipinski definition) is 1. The van der Waals surface area contributed by atoms with Crippen LogP contribution in [0.2, 0.25) is 0 Å². The van der Waals surface area contributed by atoms with Crippen LogP contribution in [-0.4, -0.2) is 18.6 Å². The number of likely N-dealkylation sites (N-methyl/N-ethyl adjacent to an activating group) is 1. The van der Waals surface area contributed by atoms with Crippen molar-refractivity contribution in [3.63, 3.8) is 0 Å². The Kier molecular flexibility index (Phi) is 3.65. The molecule has 0 saturated carbocycles. The summed E-state index contributed by atoms with van der Waals surface area (Å²) in [5, 5.41) is 0. The maximum absolute atomic E-state index is 5.52. The van der Waals surface area contributed by atoms with Crippen molar-refractivity contribution >= 4 is 5.82 Å². The van der Waals surface area contributed by atoms with Crippen LogP contribution in [0.1, 0.15) is 12.6 Å². The molecule has 0 aromatic carbocycles. The fourth-order valence-electron chi connectivity index (χ4n) is 1.28. The molecule has 0 aliphatic rings. The average molecular weight is 191 g/mol. The van der Waals surface area contributed by atoms with Gasteiger partial charge in [0, 0.05) is 20.1 Å². The minimum atomic E-state index is 0.481. The van der Waals surface area contributed by atoms with Gasteiger partial charge in [-0.15, -0.1) is 0 Å². The summed E-state index contributed by atoms with van der Waals surface area (Å²) in [6.07, 6.45) is 0. The van der Waals surface area contributed by atoms with Crippen molar-refractivity contribution < 1.29 is 0 Å². The lowest BCUT2D eigenvalue weighted by molar-refractivity contribution is 0.918. The van der Waals surface area contributed by atoms with Crippen LogP contribution in [0.15, 0.2) is 30.4 Å². The van der Waals surface area contributed by atoms with Gasteiger partial charge in [0.15, 0.2) is 0 Å². The van der Waals surface area contributed by atoms with Crippen LogP contribution in [-0.2, 0) is 6.54 Å². The molecule has 0 aliphatic carbocycles. The van der Waals surface area contributed by atoms with Gasteiger partial charge in [-0.2, -0.15) is 0 Å². The topological polar surface area (TPSA) is 42.1 Å². The van der Waals surface area contributed by atoms with E-state index in [-0.39, 0.29) is 0 Å². The first kappa shape index (κ1) is 10.7. The molecule has 1 aromatic heterocycles. The van der Waals surface area contributed by atoms with Gasteiger partial charge in [-0.25, -0.2) is 4.98 Å². The number of nitrogens with two attached hydrogens (primary N) is 1. The smallest absolute Gasteiger partial charge is 0.128 e. The van der Waals surface area contributed by atoms with Crippen LogP contribution in [0, 0.1) is 0 Å². The predicted molar refractivity (Wildman–Crippen MR) is 60.2 cm³/mol. The van der Waals surface area contributed by atoms with E-state index in [0.29, 0.717) is 6.54 Å². The minimum absolute atomic E-state index is 0.481. The zero-order valence-corrected chi connectivity index (χ0v) is 8.83. The number of aromatic nitrogens is 1. The molecular weight excluding hydrogens is 174 g/mol. The van der Waals surface area contributed by atoms with Crippen molar-refractivity contribution in [2.75, 3.05) is 18.5 Å². The molecule has 0 atom stereocenters. The summed E-state index contributed by atoms with van der Waals surface area (Å²) in [5.41, 5.74) is 7.55. The first-order chi connectivity index (χ1) is 6.63. The molecule has 1 rings (SSSR count). The first-order valence-electron chi connectivity index (χ1n) is 4.65. The van der Waals surface area contributed by atoms with Gasteiger partial charge in [0.2, 0.25) is 0 Å². The summed E-state index contributed by atoms with van der Waals surface area (Å²) in [7, 11) is 2.00. The second kappa shape index (κ2) is 4.77. The van der Waals surface area contributed by atoms with Gasteiger partial charge in [-0.1, -0.05) is 18.2 Å². The van der Waals surface area contributed by atoms with Gasteiger partial charge in [0.25, 0.3) is 0 Å². The van der Waals surface area contributed by atoms with Crippen LogP contribution >= 0.6 is 0 Å². The molecule has 3 heteroatoms. The van der Waals surface area contributed by atoms with Crippen LogP contribution in [0.25, 0.3) is 0 Å². The first-order valence-corrected chi connectivity index (χ1v) is 4.65. The van der Waals surface area contributed by atoms with Crippen molar-refractivity contribution in [1.82, 2.24) is 4.98 Å². The largest absolute Gasteiger partial charge is 0.356 e. The Balaban J connectivity index is 2.78. The second-order valence-electron chi connectivity index (χ2n) is 3.50. The number of hydrogen-bond acceptors (Lipinski definition) is 3. The number of rotatable bonds is 4. The van der Waals surface area contributed by atoms with Crippen molar-refractivity contribution in [2.45, 2.75) is 13.5 Å². The van der Waals surface area contributed by atoms with Crippen molar-refractivity contribution in [3.05, 3.63) is 36.0 Å². The molecule has 1 heterocycles. The van der Waals surface area contributed by atoms with Gasteiger partial charge in [-0.05, 0) is 19.1 Å². The monoisotopic (exact) mass is 191 g/mol. The molecule has 76 valence electrons. The Bertz CT molecular complexity index is 320. The highest BCUT2D eigenvalue weighted by Gasteiger charge is 2.02. The summed E-state index contributed by atoms with van der Waals surface area (Å²) >= 11 is 0. The van der Waals surface area contributed by atoms with E-state index < -0.39 is 0 Å². The number of pyridine rings is 1. The summed E-state index contributed by atoms with van der Waals surface area (Å²) in [5.74, 6) is 0.941. The highest BCUT2D eigenvalue weighted by molar-refractivity contribution is 5.39. The molecule has 2 N–H and O–H groups in total. The Morgan fingerprint density at radius 3 is 2.86 bits per heavy atom. The highest BCUT2D eigenvalue weighted by atomic mass is 15.2. The second-order valence-corrected chi connectivity index (χ2v) is 3.50. The Morgan fingerprint density at radius 1 is 1.57 bits per heavy atom. The third kappa shape index (κ3) is 2.85. The van der Waals surface area contributed by atoms with Crippen molar-refractivity contribution in [2.24, 2.45) is 5.73 Å². The van der Waals surface area contributed by atoms with E-state index in [9.17, 15) is 0 Å². The number of anilines is 1. The third-order valence-corrected chi connectivity index (χ3v) is 1.90. The zero-order valence-electron chi connectivity index (χ0n) is 8.83. The summed E-state index contributed by atoms with van der Waals surface area (Å²) in [6, 6.07) is 5.87. The van der Waals surface area contributed by atoms with E-state index in [2.05, 4.69) is 16.5 Å². The zero-order chi connectivity index (χ0) is 10.6. The van der Waals surface area contributed by atoms with E-state index >= 15 is 0 Å². The fraction of sp³-hybridized carbons (Fsp3) is 0.364. The Labute approximate surface area is 85.3 Å². The van der Waals surface area contributed by atoms with Gasteiger partial charge >= 0.3 is 0 Å². The highest BCUT2D eigenvalue weighted by Crippen LogP contribution is 2.10. The normalized spacial score (nSPS) is 9.93. The van der Waals surface area contributed by atoms with Gasteiger partial charge in [-0.3, -0.25) is 0 Å². The molecule has 14 heavy (non-hydrogen) atoms. The van der Waals surface area contributed by atoms with E-state index in [1.807, 2.05) is 32.2 Å². The molecule has 3 nitrogen and oxygen atoms in total. The van der Waals surface area contributed by atoms with E-state index in [1.54, 1.807) is 0 Å². The van der Waals surface area contributed by atoms with Gasteiger partial charge in [0.05, 0.1) is 5.69 Å².